The first-order valence-corrected chi connectivity index (χ1v) is 23.3. The van der Waals surface area contributed by atoms with E-state index in [1.165, 1.54) is 46.6 Å². The Hall–Kier alpha value is -5.88. The van der Waals surface area contributed by atoms with Gasteiger partial charge in [-0.25, -0.2) is 0 Å². The molecule has 7 unspecified atom stereocenters. The van der Waals surface area contributed by atoms with Crippen molar-refractivity contribution in [3.63, 3.8) is 0 Å². The number of alkyl halides is 6. The van der Waals surface area contributed by atoms with Crippen LogP contribution in [-0.4, -0.2) is 0 Å². The minimum Gasteiger partial charge on any atom is -0.166 e. The summed E-state index contributed by atoms with van der Waals surface area (Å²) in [5.74, 6) is 0. The number of allylic oxidation sites excluding steroid dienone is 17. The third-order valence-corrected chi connectivity index (χ3v) is 19.2. The SMILES string of the molecule is CC1=C(C2=CC=CC2)C(=C(c2ccc(-c3ccc(C(F)(F)F)cc3)cc2)c2ccc(-c3ccc(C(F)(F)F)cc3)cc2)C=C2CC3(C)C4(C)C=CC=CC4(C)C4(C)C=CC=CC4(C)C3(C)C21C. The lowest BCUT2D eigenvalue weighted by molar-refractivity contribution is -0.261. The summed E-state index contributed by atoms with van der Waals surface area (Å²) in [6.45, 7) is 20.0. The summed E-state index contributed by atoms with van der Waals surface area (Å²) >= 11 is 0. The van der Waals surface area contributed by atoms with Crippen molar-refractivity contribution in [3.8, 4) is 22.3 Å². The molecule has 67 heavy (non-hydrogen) atoms. The molecule has 0 saturated heterocycles. The molecule has 4 aromatic carbocycles. The second kappa shape index (κ2) is 14.6. The van der Waals surface area contributed by atoms with Crippen LogP contribution >= 0.6 is 0 Å². The highest BCUT2D eigenvalue weighted by atomic mass is 19.4. The Morgan fingerprint density at radius 3 is 1.31 bits per heavy atom. The summed E-state index contributed by atoms with van der Waals surface area (Å²) in [6.07, 6.45) is 20.9. The highest BCUT2D eigenvalue weighted by Gasteiger charge is 2.84. The molecule has 6 heteroatoms. The molecule has 342 valence electrons. The molecule has 0 aromatic heterocycles. The van der Waals surface area contributed by atoms with Crippen molar-refractivity contribution in [2.75, 3.05) is 0 Å². The number of hydrogen-bond donors (Lipinski definition) is 0. The van der Waals surface area contributed by atoms with E-state index in [2.05, 4.69) is 153 Å². The van der Waals surface area contributed by atoms with Crippen molar-refractivity contribution < 1.29 is 26.3 Å². The molecule has 0 bridgehead atoms. The van der Waals surface area contributed by atoms with Crippen molar-refractivity contribution in [2.24, 2.45) is 37.9 Å². The van der Waals surface area contributed by atoms with E-state index in [0.29, 0.717) is 11.1 Å². The molecule has 4 aromatic rings. The van der Waals surface area contributed by atoms with Crippen LogP contribution in [0.5, 0.6) is 0 Å². The van der Waals surface area contributed by atoms with Gasteiger partial charge in [-0.1, -0.05) is 205 Å². The minimum absolute atomic E-state index is 0.227. The molecular formula is C61H56F6. The first-order chi connectivity index (χ1) is 31.5. The number of halogens is 6. The normalized spacial score (nSPS) is 32.7. The summed E-state index contributed by atoms with van der Waals surface area (Å²) in [5.41, 5.74) is 8.77. The van der Waals surface area contributed by atoms with Gasteiger partial charge in [0.25, 0.3) is 0 Å². The van der Waals surface area contributed by atoms with Crippen LogP contribution in [0.2, 0.25) is 0 Å². The van der Waals surface area contributed by atoms with Crippen LogP contribution in [-0.2, 0) is 12.4 Å². The highest BCUT2D eigenvalue weighted by Crippen LogP contribution is 2.90. The summed E-state index contributed by atoms with van der Waals surface area (Å²) < 4.78 is 81.2. The lowest BCUT2D eigenvalue weighted by Gasteiger charge is -2.79. The molecule has 0 spiro atoms. The maximum absolute atomic E-state index is 13.5. The van der Waals surface area contributed by atoms with E-state index in [9.17, 15) is 26.3 Å². The Bertz CT molecular complexity index is 2890. The van der Waals surface area contributed by atoms with Gasteiger partial charge in [0, 0.05) is 27.1 Å². The number of rotatable bonds is 5. The van der Waals surface area contributed by atoms with Crippen molar-refractivity contribution in [2.45, 2.75) is 80.6 Å². The van der Waals surface area contributed by atoms with Gasteiger partial charge in [-0.2, -0.15) is 26.3 Å². The van der Waals surface area contributed by atoms with E-state index in [0.717, 1.165) is 70.5 Å². The summed E-state index contributed by atoms with van der Waals surface area (Å²) in [4.78, 5) is 0. The molecule has 7 atom stereocenters. The van der Waals surface area contributed by atoms with Gasteiger partial charge in [0.05, 0.1) is 11.1 Å². The van der Waals surface area contributed by atoms with E-state index in [4.69, 9.17) is 0 Å². The molecule has 10 rings (SSSR count). The zero-order chi connectivity index (χ0) is 47.8. The third kappa shape index (κ3) is 5.80. The monoisotopic (exact) mass is 902 g/mol. The molecule has 0 radical (unpaired) electrons. The van der Waals surface area contributed by atoms with Gasteiger partial charge in [-0.05, 0) is 111 Å². The van der Waals surface area contributed by atoms with Crippen LogP contribution in [0.3, 0.4) is 0 Å². The Morgan fingerprint density at radius 2 is 0.896 bits per heavy atom. The largest absolute Gasteiger partial charge is 0.416 e. The molecule has 0 aliphatic heterocycles. The summed E-state index contributed by atoms with van der Waals surface area (Å²) in [6, 6.07) is 26.7. The maximum Gasteiger partial charge on any atom is 0.416 e. The third-order valence-electron chi connectivity index (χ3n) is 19.2. The van der Waals surface area contributed by atoms with Gasteiger partial charge >= 0.3 is 12.4 Å². The van der Waals surface area contributed by atoms with Crippen LogP contribution in [0, 0.1) is 37.9 Å². The Labute approximate surface area is 391 Å². The van der Waals surface area contributed by atoms with Gasteiger partial charge in [0.1, 0.15) is 0 Å². The number of benzene rings is 4. The smallest absolute Gasteiger partial charge is 0.166 e. The molecular weight excluding hydrogens is 847 g/mol. The first kappa shape index (κ1) is 44.9. The first-order valence-electron chi connectivity index (χ1n) is 23.3. The lowest BCUT2D eigenvalue weighted by atomic mass is 9.24. The van der Waals surface area contributed by atoms with E-state index < -0.39 is 28.9 Å². The fraction of sp³-hybridized carbons (Fsp3) is 0.311. The van der Waals surface area contributed by atoms with E-state index in [1.54, 1.807) is 0 Å². The second-order valence-corrected chi connectivity index (χ2v) is 21.1. The Kier molecular flexibility index (Phi) is 9.77. The number of hydrogen-bond acceptors (Lipinski definition) is 0. The quantitative estimate of drug-likeness (QED) is 0.175. The fourth-order valence-electron chi connectivity index (χ4n) is 14.5. The average Bonchev–Trinajstić information content (AvgIpc) is 3.90. The van der Waals surface area contributed by atoms with Crippen molar-refractivity contribution >= 4 is 5.57 Å². The molecule has 6 aliphatic rings. The van der Waals surface area contributed by atoms with E-state index in [1.807, 2.05) is 24.3 Å². The van der Waals surface area contributed by atoms with Crippen LogP contribution in [0.1, 0.15) is 90.5 Å². The second-order valence-electron chi connectivity index (χ2n) is 21.1. The summed E-state index contributed by atoms with van der Waals surface area (Å²) in [7, 11) is 0. The standard InChI is InChI=1S/C61H56F6/c1-39-51(44-15-9-10-16-44)50(37-49-38-57(6)55(4)35-12-11-33-53(55,2)54(3)34-13-14-36-56(54,5)59(57,8)58(39,49)7)52(45-21-17-40(18-22-45)42-25-29-47(30-26-42)60(62,63)64)46-23-19-41(20-24-46)43-27-31-48(32-28-43)61(65,66)67/h9-15,17-37H,16,38H2,1-8H3. The summed E-state index contributed by atoms with van der Waals surface area (Å²) in [5, 5.41) is 0. The molecule has 2 fully saturated rings. The molecule has 6 aliphatic carbocycles. The maximum atomic E-state index is 13.5. The average molecular weight is 903 g/mol. The fourth-order valence-corrected chi connectivity index (χ4v) is 14.5. The van der Waals surface area contributed by atoms with E-state index in [-0.39, 0.29) is 32.5 Å². The predicted molar refractivity (Wildman–Crippen MR) is 260 cm³/mol. The molecule has 0 heterocycles. The van der Waals surface area contributed by atoms with Crippen molar-refractivity contribution in [1.82, 2.24) is 0 Å². The topological polar surface area (TPSA) is 0 Å². The van der Waals surface area contributed by atoms with Gasteiger partial charge < -0.3 is 0 Å². The predicted octanol–water partition coefficient (Wildman–Crippen LogP) is 17.7. The van der Waals surface area contributed by atoms with Crippen molar-refractivity contribution in [3.05, 3.63) is 220 Å². The van der Waals surface area contributed by atoms with Gasteiger partial charge in [-0.3, -0.25) is 0 Å². The number of fused-ring (bicyclic) bond motifs is 8. The van der Waals surface area contributed by atoms with Gasteiger partial charge in [0.15, 0.2) is 0 Å². The molecule has 0 nitrogen and oxygen atoms in total. The molecule has 0 amide bonds. The van der Waals surface area contributed by atoms with Crippen LogP contribution in [0.4, 0.5) is 26.3 Å². The van der Waals surface area contributed by atoms with Crippen LogP contribution < -0.4 is 0 Å². The minimum atomic E-state index is -4.43. The van der Waals surface area contributed by atoms with Gasteiger partial charge in [0.2, 0.25) is 0 Å². The molecule has 0 N–H and O–H groups in total. The Morgan fingerprint density at radius 1 is 0.493 bits per heavy atom. The zero-order valence-corrected chi connectivity index (χ0v) is 39.3. The Balaban J connectivity index is 1.22. The van der Waals surface area contributed by atoms with Gasteiger partial charge in [-0.15, -0.1) is 0 Å². The van der Waals surface area contributed by atoms with Crippen LogP contribution in [0.25, 0.3) is 27.8 Å². The zero-order valence-electron chi connectivity index (χ0n) is 39.3. The highest BCUT2D eigenvalue weighted by molar-refractivity contribution is 5.90. The lowest BCUT2D eigenvalue weighted by Crippen LogP contribution is -2.74. The van der Waals surface area contributed by atoms with Crippen molar-refractivity contribution in [1.29, 1.82) is 0 Å². The molecule has 2 saturated carbocycles. The van der Waals surface area contributed by atoms with Crippen LogP contribution in [0.15, 0.2) is 198 Å². The van der Waals surface area contributed by atoms with E-state index >= 15 is 0 Å².